The number of methoxy groups -OCH3 is 1. The molecule has 4 nitrogen and oxygen atoms in total. The summed E-state index contributed by atoms with van der Waals surface area (Å²) in [4.78, 5) is 11.9. The molecular weight excluding hydrogens is 278 g/mol. The molecule has 2 rings (SSSR count). The van der Waals surface area contributed by atoms with E-state index in [2.05, 4.69) is 5.32 Å². The Kier molecular flexibility index (Phi) is 5.98. The molecule has 0 unspecified atom stereocenters. The van der Waals surface area contributed by atoms with E-state index in [4.69, 9.17) is 9.47 Å². The molecule has 0 spiro atoms. The maximum absolute atomic E-state index is 11.9. The van der Waals surface area contributed by atoms with Gasteiger partial charge >= 0.3 is 0 Å². The van der Waals surface area contributed by atoms with Crippen molar-refractivity contribution in [2.24, 2.45) is 0 Å². The fourth-order valence-electron chi connectivity index (χ4n) is 2.20. The van der Waals surface area contributed by atoms with Crippen LogP contribution >= 0.6 is 0 Å². The fourth-order valence-corrected chi connectivity index (χ4v) is 2.20. The third-order valence-corrected chi connectivity index (χ3v) is 3.15. The van der Waals surface area contributed by atoms with Gasteiger partial charge in [-0.2, -0.15) is 0 Å². The lowest BCUT2D eigenvalue weighted by Gasteiger charge is -2.14. The molecule has 1 N–H and O–H groups in total. The van der Waals surface area contributed by atoms with Gasteiger partial charge in [-0.05, 0) is 18.6 Å². The SMILES string of the molecule is COC[C@H](C)NC(=O)COc1ccccc1-c1ccccc1. The summed E-state index contributed by atoms with van der Waals surface area (Å²) in [6.07, 6.45) is 0. The van der Waals surface area contributed by atoms with Crippen LogP contribution in [0.25, 0.3) is 11.1 Å². The van der Waals surface area contributed by atoms with Crippen LogP contribution in [-0.4, -0.2) is 32.3 Å². The van der Waals surface area contributed by atoms with Crippen LogP contribution in [0.2, 0.25) is 0 Å². The van der Waals surface area contributed by atoms with E-state index in [1.54, 1.807) is 7.11 Å². The molecule has 0 radical (unpaired) electrons. The molecule has 0 aliphatic heterocycles. The molecule has 0 bridgehead atoms. The standard InChI is InChI=1S/C18H21NO3/c1-14(12-21-2)19-18(20)13-22-17-11-7-6-10-16(17)15-8-4-3-5-9-15/h3-11,14H,12-13H2,1-2H3,(H,19,20)/t14-/m0/s1. The summed E-state index contributed by atoms with van der Waals surface area (Å²) in [6, 6.07) is 17.6. The summed E-state index contributed by atoms with van der Waals surface area (Å²) in [6.45, 7) is 2.35. The summed E-state index contributed by atoms with van der Waals surface area (Å²) >= 11 is 0. The molecule has 0 aromatic heterocycles. The second-order valence-electron chi connectivity index (χ2n) is 5.07. The third kappa shape index (κ3) is 4.60. The third-order valence-electron chi connectivity index (χ3n) is 3.15. The van der Waals surface area contributed by atoms with Crippen molar-refractivity contribution >= 4 is 5.91 Å². The van der Waals surface area contributed by atoms with E-state index in [0.29, 0.717) is 12.4 Å². The molecular formula is C18H21NO3. The topological polar surface area (TPSA) is 47.6 Å². The quantitative estimate of drug-likeness (QED) is 0.855. The van der Waals surface area contributed by atoms with E-state index in [0.717, 1.165) is 11.1 Å². The van der Waals surface area contributed by atoms with E-state index in [9.17, 15) is 4.79 Å². The van der Waals surface area contributed by atoms with Gasteiger partial charge in [-0.15, -0.1) is 0 Å². The normalized spacial score (nSPS) is 11.7. The molecule has 0 saturated carbocycles. The van der Waals surface area contributed by atoms with Crippen LogP contribution in [0.3, 0.4) is 0 Å². The van der Waals surface area contributed by atoms with Gasteiger partial charge < -0.3 is 14.8 Å². The zero-order valence-electron chi connectivity index (χ0n) is 12.9. The number of nitrogens with one attached hydrogen (secondary N) is 1. The highest BCUT2D eigenvalue weighted by Gasteiger charge is 2.10. The molecule has 2 aromatic carbocycles. The van der Waals surface area contributed by atoms with E-state index >= 15 is 0 Å². The Morgan fingerprint density at radius 3 is 2.50 bits per heavy atom. The molecule has 1 atom stereocenters. The molecule has 0 aliphatic rings. The summed E-state index contributed by atoms with van der Waals surface area (Å²) in [5.74, 6) is 0.538. The van der Waals surface area contributed by atoms with E-state index < -0.39 is 0 Å². The first kappa shape index (κ1) is 16.0. The van der Waals surface area contributed by atoms with Crippen molar-refractivity contribution in [2.75, 3.05) is 20.3 Å². The number of para-hydroxylation sites is 1. The van der Waals surface area contributed by atoms with Gasteiger partial charge in [0.2, 0.25) is 0 Å². The van der Waals surface area contributed by atoms with Gasteiger partial charge in [0.1, 0.15) is 5.75 Å². The second kappa shape index (κ2) is 8.20. The Hall–Kier alpha value is -2.33. The van der Waals surface area contributed by atoms with Crippen molar-refractivity contribution in [3.8, 4) is 16.9 Å². The largest absolute Gasteiger partial charge is 0.483 e. The van der Waals surface area contributed by atoms with Crippen molar-refractivity contribution in [3.05, 3.63) is 54.6 Å². The maximum Gasteiger partial charge on any atom is 0.258 e. The van der Waals surface area contributed by atoms with Crippen LogP contribution in [0.15, 0.2) is 54.6 Å². The highest BCUT2D eigenvalue weighted by atomic mass is 16.5. The van der Waals surface area contributed by atoms with Crippen LogP contribution in [-0.2, 0) is 9.53 Å². The van der Waals surface area contributed by atoms with E-state index in [1.807, 2.05) is 61.5 Å². The molecule has 4 heteroatoms. The Bertz CT molecular complexity index is 598. The molecule has 22 heavy (non-hydrogen) atoms. The molecule has 1 amide bonds. The number of amides is 1. The van der Waals surface area contributed by atoms with Crippen LogP contribution in [0.4, 0.5) is 0 Å². The van der Waals surface area contributed by atoms with Gasteiger partial charge in [-0.25, -0.2) is 0 Å². The minimum absolute atomic E-state index is 0.0160. The van der Waals surface area contributed by atoms with Gasteiger partial charge in [0, 0.05) is 18.7 Å². The van der Waals surface area contributed by atoms with Crippen LogP contribution in [0, 0.1) is 0 Å². The maximum atomic E-state index is 11.9. The zero-order valence-corrected chi connectivity index (χ0v) is 12.9. The molecule has 2 aromatic rings. The average molecular weight is 299 g/mol. The molecule has 0 saturated heterocycles. The highest BCUT2D eigenvalue weighted by Crippen LogP contribution is 2.29. The van der Waals surface area contributed by atoms with Crippen molar-refractivity contribution in [2.45, 2.75) is 13.0 Å². The predicted octanol–water partition coefficient (Wildman–Crippen LogP) is 2.88. The Balaban J connectivity index is 2.00. The smallest absolute Gasteiger partial charge is 0.258 e. The zero-order chi connectivity index (χ0) is 15.8. The summed E-state index contributed by atoms with van der Waals surface area (Å²) < 4.78 is 10.7. The summed E-state index contributed by atoms with van der Waals surface area (Å²) in [5, 5.41) is 2.82. The fraction of sp³-hybridized carbons (Fsp3) is 0.278. The van der Waals surface area contributed by atoms with Gasteiger partial charge in [-0.1, -0.05) is 48.5 Å². The Labute approximate surface area is 131 Å². The molecule has 0 fully saturated rings. The minimum atomic E-state index is -0.160. The van der Waals surface area contributed by atoms with Crippen LogP contribution in [0.5, 0.6) is 5.75 Å². The first-order valence-electron chi connectivity index (χ1n) is 7.26. The predicted molar refractivity (Wildman–Crippen MR) is 86.9 cm³/mol. The molecule has 116 valence electrons. The van der Waals surface area contributed by atoms with E-state index in [1.165, 1.54) is 0 Å². The van der Waals surface area contributed by atoms with Crippen LogP contribution < -0.4 is 10.1 Å². The Morgan fingerprint density at radius 1 is 1.09 bits per heavy atom. The Morgan fingerprint density at radius 2 is 1.77 bits per heavy atom. The van der Waals surface area contributed by atoms with Gasteiger partial charge in [0.15, 0.2) is 6.61 Å². The number of rotatable bonds is 7. The van der Waals surface area contributed by atoms with Crippen molar-refractivity contribution in [3.63, 3.8) is 0 Å². The lowest BCUT2D eigenvalue weighted by atomic mass is 10.1. The van der Waals surface area contributed by atoms with Crippen molar-refractivity contribution in [1.29, 1.82) is 0 Å². The van der Waals surface area contributed by atoms with Crippen molar-refractivity contribution in [1.82, 2.24) is 5.32 Å². The van der Waals surface area contributed by atoms with Gasteiger partial charge in [-0.3, -0.25) is 4.79 Å². The van der Waals surface area contributed by atoms with Crippen LogP contribution in [0.1, 0.15) is 6.92 Å². The number of hydrogen-bond donors (Lipinski definition) is 1. The molecule has 0 heterocycles. The lowest BCUT2D eigenvalue weighted by molar-refractivity contribution is -0.124. The number of carbonyl (C=O) groups is 1. The first-order chi connectivity index (χ1) is 10.7. The first-order valence-corrected chi connectivity index (χ1v) is 7.26. The monoisotopic (exact) mass is 299 g/mol. The summed E-state index contributed by atoms with van der Waals surface area (Å²) in [7, 11) is 1.61. The second-order valence-corrected chi connectivity index (χ2v) is 5.07. The van der Waals surface area contributed by atoms with Gasteiger partial charge in [0.25, 0.3) is 5.91 Å². The minimum Gasteiger partial charge on any atom is -0.483 e. The van der Waals surface area contributed by atoms with Gasteiger partial charge in [0.05, 0.1) is 6.61 Å². The lowest BCUT2D eigenvalue weighted by Crippen LogP contribution is -2.38. The number of carbonyl (C=O) groups excluding carboxylic acids is 1. The van der Waals surface area contributed by atoms with Crippen molar-refractivity contribution < 1.29 is 14.3 Å². The molecule has 0 aliphatic carbocycles. The average Bonchev–Trinajstić information content (AvgIpc) is 2.54. The highest BCUT2D eigenvalue weighted by molar-refractivity contribution is 5.78. The summed E-state index contributed by atoms with van der Waals surface area (Å²) in [5.41, 5.74) is 2.03. The number of hydrogen-bond acceptors (Lipinski definition) is 3. The number of benzene rings is 2. The number of ether oxygens (including phenoxy) is 2. The van der Waals surface area contributed by atoms with E-state index in [-0.39, 0.29) is 18.6 Å².